The minimum absolute atomic E-state index is 0.193. The molecule has 0 radical (unpaired) electrons. The van der Waals surface area contributed by atoms with Gasteiger partial charge >= 0.3 is 0 Å². The summed E-state index contributed by atoms with van der Waals surface area (Å²) in [5, 5.41) is 3.39. The molecule has 0 atom stereocenters. The first-order valence-electron chi connectivity index (χ1n) is 6.86. The van der Waals surface area contributed by atoms with Crippen LogP contribution in [0, 0.1) is 0 Å². The maximum atomic E-state index is 11.5. The Morgan fingerprint density at radius 2 is 1.67 bits per heavy atom. The van der Waals surface area contributed by atoms with E-state index in [1.807, 2.05) is 0 Å². The molecule has 106 valence electrons. The highest BCUT2D eigenvalue weighted by Crippen LogP contribution is 2.22. The number of nitrogens with one attached hydrogen (secondary N) is 1. The summed E-state index contributed by atoms with van der Waals surface area (Å²) in [7, 11) is -1.33. The smallest absolute Gasteiger partial charge is 0.211 e. The minimum Gasteiger partial charge on any atom is -0.317 e. The van der Waals surface area contributed by atoms with Crippen molar-refractivity contribution in [2.24, 2.45) is 0 Å². The lowest BCUT2D eigenvalue weighted by molar-refractivity contribution is 0.106. The fourth-order valence-corrected chi connectivity index (χ4v) is 3.81. The molecule has 18 heavy (non-hydrogen) atoms. The van der Waals surface area contributed by atoms with E-state index in [4.69, 9.17) is 0 Å². The van der Waals surface area contributed by atoms with E-state index in [-0.39, 0.29) is 6.04 Å². The minimum atomic E-state index is -3.04. The summed E-state index contributed by atoms with van der Waals surface area (Å²) in [6, 6.07) is 0.897. The van der Waals surface area contributed by atoms with Gasteiger partial charge in [-0.1, -0.05) is 0 Å². The molecule has 0 aromatic rings. The molecule has 6 heteroatoms. The van der Waals surface area contributed by atoms with Crippen LogP contribution >= 0.6 is 0 Å². The molecule has 0 aliphatic carbocycles. The van der Waals surface area contributed by atoms with Crippen LogP contribution in [0.3, 0.4) is 0 Å². The maximum Gasteiger partial charge on any atom is 0.211 e. The molecule has 2 aliphatic heterocycles. The van der Waals surface area contributed by atoms with E-state index < -0.39 is 10.0 Å². The van der Waals surface area contributed by atoms with Gasteiger partial charge in [0.05, 0.1) is 6.26 Å². The number of piperidine rings is 2. The van der Waals surface area contributed by atoms with Gasteiger partial charge in [-0.2, -0.15) is 0 Å². The highest BCUT2D eigenvalue weighted by atomic mass is 32.2. The largest absolute Gasteiger partial charge is 0.317 e. The normalized spacial score (nSPS) is 25.7. The Hall–Kier alpha value is -0.170. The quantitative estimate of drug-likeness (QED) is 0.793. The lowest BCUT2D eigenvalue weighted by atomic mass is 9.99. The summed E-state index contributed by atoms with van der Waals surface area (Å²) in [5.41, 5.74) is 0. The summed E-state index contributed by atoms with van der Waals surface area (Å²) < 4.78 is 24.6. The van der Waals surface area contributed by atoms with E-state index in [1.165, 1.54) is 19.1 Å². The summed E-state index contributed by atoms with van der Waals surface area (Å²) in [6.45, 7) is 4.31. The summed E-state index contributed by atoms with van der Waals surface area (Å²) in [6.07, 6.45) is 5.69. The molecule has 0 aromatic heterocycles. The summed E-state index contributed by atoms with van der Waals surface area (Å²) >= 11 is 0. The Morgan fingerprint density at radius 3 is 2.17 bits per heavy atom. The van der Waals surface area contributed by atoms with Crippen LogP contribution in [-0.2, 0) is 10.0 Å². The molecule has 1 N–H and O–H groups in total. The molecule has 0 saturated carbocycles. The second-order valence-electron chi connectivity index (χ2n) is 5.53. The van der Waals surface area contributed by atoms with Crippen molar-refractivity contribution in [3.63, 3.8) is 0 Å². The van der Waals surface area contributed by atoms with Crippen molar-refractivity contribution < 1.29 is 8.42 Å². The average molecular weight is 275 g/mol. The molecule has 5 nitrogen and oxygen atoms in total. The third kappa shape index (κ3) is 3.44. The number of nitrogens with zero attached hydrogens (tertiary/aromatic N) is 2. The van der Waals surface area contributed by atoms with Crippen LogP contribution in [-0.4, -0.2) is 69.2 Å². The standard InChI is InChI=1S/C12H25N3O2S/c1-14(18(2,16)17)11-5-9-15(10-6-11)12-3-7-13-8-4-12/h11-13H,3-10H2,1-2H3. The van der Waals surface area contributed by atoms with Crippen LogP contribution in [0.2, 0.25) is 0 Å². The van der Waals surface area contributed by atoms with Crippen molar-refractivity contribution >= 4 is 10.0 Å². The first-order chi connectivity index (χ1) is 8.48. The fourth-order valence-electron chi connectivity index (χ4n) is 3.06. The maximum absolute atomic E-state index is 11.5. The molecule has 0 unspecified atom stereocenters. The second-order valence-corrected chi connectivity index (χ2v) is 7.57. The van der Waals surface area contributed by atoms with Crippen LogP contribution in [0.15, 0.2) is 0 Å². The van der Waals surface area contributed by atoms with Crippen LogP contribution in [0.4, 0.5) is 0 Å². The zero-order valence-corrected chi connectivity index (χ0v) is 12.2. The van der Waals surface area contributed by atoms with Crippen LogP contribution in [0.5, 0.6) is 0 Å². The van der Waals surface area contributed by atoms with E-state index in [0.29, 0.717) is 6.04 Å². The Balaban J connectivity index is 1.84. The van der Waals surface area contributed by atoms with E-state index in [0.717, 1.165) is 39.0 Å². The molecular weight excluding hydrogens is 250 g/mol. The van der Waals surface area contributed by atoms with Crippen LogP contribution in [0.25, 0.3) is 0 Å². The molecular formula is C12H25N3O2S. The van der Waals surface area contributed by atoms with E-state index >= 15 is 0 Å². The van der Waals surface area contributed by atoms with Gasteiger partial charge in [-0.25, -0.2) is 12.7 Å². The Labute approximate surface area is 111 Å². The van der Waals surface area contributed by atoms with Crippen LogP contribution in [0.1, 0.15) is 25.7 Å². The number of hydrogen-bond acceptors (Lipinski definition) is 4. The second kappa shape index (κ2) is 5.86. The van der Waals surface area contributed by atoms with Crippen LogP contribution < -0.4 is 5.32 Å². The molecule has 0 aromatic carbocycles. The van der Waals surface area contributed by atoms with Gasteiger partial charge in [0.1, 0.15) is 0 Å². The van der Waals surface area contributed by atoms with Crippen molar-refractivity contribution in [1.82, 2.24) is 14.5 Å². The Morgan fingerprint density at radius 1 is 1.11 bits per heavy atom. The summed E-state index contributed by atoms with van der Waals surface area (Å²) in [4.78, 5) is 2.55. The average Bonchev–Trinajstić information content (AvgIpc) is 2.38. The molecule has 0 bridgehead atoms. The third-order valence-corrected chi connectivity index (χ3v) is 5.71. The van der Waals surface area contributed by atoms with Gasteiger partial charge in [0.2, 0.25) is 10.0 Å². The van der Waals surface area contributed by atoms with Gasteiger partial charge in [-0.05, 0) is 51.9 Å². The number of hydrogen-bond donors (Lipinski definition) is 1. The van der Waals surface area contributed by atoms with Gasteiger partial charge in [0, 0.05) is 19.1 Å². The summed E-state index contributed by atoms with van der Waals surface area (Å²) in [5.74, 6) is 0. The lowest BCUT2D eigenvalue weighted by Gasteiger charge is -2.41. The topological polar surface area (TPSA) is 52.6 Å². The highest BCUT2D eigenvalue weighted by Gasteiger charge is 2.30. The monoisotopic (exact) mass is 275 g/mol. The predicted octanol–water partition coefficient (Wildman–Crippen LogP) is 0.0942. The van der Waals surface area contributed by atoms with Gasteiger partial charge in [0.25, 0.3) is 0 Å². The lowest BCUT2D eigenvalue weighted by Crippen LogP contribution is -2.50. The van der Waals surface area contributed by atoms with Gasteiger partial charge < -0.3 is 10.2 Å². The molecule has 2 rings (SSSR count). The van der Waals surface area contributed by atoms with Gasteiger partial charge in [0.15, 0.2) is 0 Å². The van der Waals surface area contributed by atoms with Crippen molar-refractivity contribution in [3.05, 3.63) is 0 Å². The number of sulfonamides is 1. The zero-order chi connectivity index (χ0) is 13.2. The van der Waals surface area contributed by atoms with Crippen molar-refractivity contribution in [3.8, 4) is 0 Å². The van der Waals surface area contributed by atoms with Gasteiger partial charge in [-0.3, -0.25) is 0 Å². The predicted molar refractivity (Wildman–Crippen MR) is 73.1 cm³/mol. The number of rotatable bonds is 3. The van der Waals surface area contributed by atoms with E-state index in [2.05, 4.69) is 10.2 Å². The van der Waals surface area contributed by atoms with Crippen molar-refractivity contribution in [2.45, 2.75) is 37.8 Å². The SMILES string of the molecule is CN(C1CCN(C2CCNCC2)CC1)S(C)(=O)=O. The zero-order valence-electron chi connectivity index (χ0n) is 11.4. The first-order valence-corrected chi connectivity index (χ1v) is 8.71. The third-order valence-electron chi connectivity index (χ3n) is 4.36. The van der Waals surface area contributed by atoms with Gasteiger partial charge in [-0.15, -0.1) is 0 Å². The van der Waals surface area contributed by atoms with E-state index in [1.54, 1.807) is 11.4 Å². The highest BCUT2D eigenvalue weighted by molar-refractivity contribution is 7.88. The Bertz CT molecular complexity index is 358. The first kappa shape index (κ1) is 14.2. The molecule has 2 fully saturated rings. The molecule has 2 saturated heterocycles. The molecule has 2 heterocycles. The Kier molecular flexibility index (Phi) is 4.64. The van der Waals surface area contributed by atoms with Crippen molar-refractivity contribution in [1.29, 1.82) is 0 Å². The van der Waals surface area contributed by atoms with Crippen molar-refractivity contribution in [2.75, 3.05) is 39.5 Å². The van der Waals surface area contributed by atoms with E-state index in [9.17, 15) is 8.42 Å². The fraction of sp³-hybridized carbons (Fsp3) is 1.00. The molecule has 2 aliphatic rings. The molecule has 0 spiro atoms. The molecule has 0 amide bonds. The number of likely N-dealkylation sites (tertiary alicyclic amines) is 1.